The van der Waals surface area contributed by atoms with Crippen molar-refractivity contribution < 1.29 is 14.0 Å². The Kier molecular flexibility index (Phi) is 4.68. The van der Waals surface area contributed by atoms with Crippen LogP contribution in [0.25, 0.3) is 0 Å². The van der Waals surface area contributed by atoms with Gasteiger partial charge in [0.25, 0.3) is 0 Å². The number of nitrogens with zero attached hydrogens (tertiary/aromatic N) is 2. The van der Waals surface area contributed by atoms with Gasteiger partial charge in [-0.3, -0.25) is 0 Å². The summed E-state index contributed by atoms with van der Waals surface area (Å²) in [6, 6.07) is 9.57. The molecule has 6 heteroatoms. The van der Waals surface area contributed by atoms with E-state index in [4.69, 9.17) is 19.7 Å². The molecule has 2 aromatic rings. The highest BCUT2D eigenvalue weighted by molar-refractivity contribution is 5.20. The fourth-order valence-electron chi connectivity index (χ4n) is 1.33. The summed E-state index contributed by atoms with van der Waals surface area (Å²) in [6.45, 7) is 1.47. The summed E-state index contributed by atoms with van der Waals surface area (Å²) < 4.78 is 15.7. The van der Waals surface area contributed by atoms with Gasteiger partial charge in [0.05, 0.1) is 13.2 Å². The van der Waals surface area contributed by atoms with Crippen LogP contribution in [0, 0.1) is 0 Å². The molecule has 0 bridgehead atoms. The van der Waals surface area contributed by atoms with Crippen molar-refractivity contribution in [3.63, 3.8) is 0 Å². The minimum absolute atomic E-state index is 0.240. The molecular formula is C12H15N3O3. The van der Waals surface area contributed by atoms with E-state index in [0.29, 0.717) is 31.5 Å². The fraction of sp³-hybridized carbons (Fsp3) is 0.333. The van der Waals surface area contributed by atoms with Crippen LogP contribution in [0.3, 0.4) is 0 Å². The number of para-hydroxylation sites is 1. The Morgan fingerprint density at radius 3 is 2.72 bits per heavy atom. The third-order valence-corrected chi connectivity index (χ3v) is 2.16. The van der Waals surface area contributed by atoms with Crippen LogP contribution in [-0.4, -0.2) is 23.4 Å². The predicted octanol–water partition coefficient (Wildman–Crippen LogP) is 1.12. The normalized spacial score (nSPS) is 10.5. The van der Waals surface area contributed by atoms with Gasteiger partial charge in [0.2, 0.25) is 5.89 Å². The maximum absolute atomic E-state index is 5.46. The summed E-state index contributed by atoms with van der Waals surface area (Å²) in [5.41, 5.74) is 5.35. The van der Waals surface area contributed by atoms with Crippen molar-refractivity contribution in [2.24, 2.45) is 5.73 Å². The Labute approximate surface area is 105 Å². The zero-order valence-corrected chi connectivity index (χ0v) is 9.91. The third-order valence-electron chi connectivity index (χ3n) is 2.16. The molecule has 96 valence electrons. The second-order valence-corrected chi connectivity index (χ2v) is 3.52. The average Bonchev–Trinajstić information content (AvgIpc) is 2.87. The second-order valence-electron chi connectivity index (χ2n) is 3.52. The topological polar surface area (TPSA) is 83.4 Å². The minimum Gasteiger partial charge on any atom is -0.491 e. The van der Waals surface area contributed by atoms with Crippen molar-refractivity contribution in [1.29, 1.82) is 0 Å². The monoisotopic (exact) mass is 249 g/mol. The molecule has 18 heavy (non-hydrogen) atoms. The van der Waals surface area contributed by atoms with Crippen LogP contribution in [0.4, 0.5) is 0 Å². The zero-order valence-electron chi connectivity index (χ0n) is 9.91. The molecule has 0 atom stereocenters. The summed E-state index contributed by atoms with van der Waals surface area (Å²) in [4.78, 5) is 4.02. The summed E-state index contributed by atoms with van der Waals surface area (Å²) in [6.07, 6.45) is 0. The molecule has 0 amide bonds. The maximum Gasteiger partial charge on any atom is 0.240 e. The molecule has 6 nitrogen and oxygen atoms in total. The lowest BCUT2D eigenvalue weighted by Crippen LogP contribution is -2.07. The molecule has 2 N–H and O–H groups in total. The lowest BCUT2D eigenvalue weighted by Gasteiger charge is -2.05. The zero-order chi connectivity index (χ0) is 12.6. The van der Waals surface area contributed by atoms with Gasteiger partial charge in [-0.25, -0.2) is 0 Å². The number of rotatable bonds is 7. The standard InChI is InChI=1S/C12H15N3O3/c13-8-12-14-11(15-18-12)9-16-6-7-17-10-4-2-1-3-5-10/h1-5H,6-9,13H2. The Balaban J connectivity index is 1.61. The molecule has 0 unspecified atom stereocenters. The smallest absolute Gasteiger partial charge is 0.240 e. The highest BCUT2D eigenvalue weighted by Crippen LogP contribution is 2.07. The van der Waals surface area contributed by atoms with Gasteiger partial charge in [0, 0.05) is 0 Å². The van der Waals surface area contributed by atoms with Crippen LogP contribution in [0.5, 0.6) is 5.75 Å². The minimum atomic E-state index is 0.240. The summed E-state index contributed by atoms with van der Waals surface area (Å²) >= 11 is 0. The summed E-state index contributed by atoms with van der Waals surface area (Å²) in [7, 11) is 0. The van der Waals surface area contributed by atoms with Crippen molar-refractivity contribution in [3.05, 3.63) is 42.0 Å². The lowest BCUT2D eigenvalue weighted by atomic mass is 10.3. The Morgan fingerprint density at radius 2 is 2.00 bits per heavy atom. The van der Waals surface area contributed by atoms with Crippen molar-refractivity contribution in [2.45, 2.75) is 13.2 Å². The van der Waals surface area contributed by atoms with Crippen LogP contribution in [0.15, 0.2) is 34.9 Å². The van der Waals surface area contributed by atoms with E-state index < -0.39 is 0 Å². The molecule has 2 rings (SSSR count). The van der Waals surface area contributed by atoms with E-state index in [2.05, 4.69) is 10.1 Å². The van der Waals surface area contributed by atoms with Gasteiger partial charge < -0.3 is 19.7 Å². The largest absolute Gasteiger partial charge is 0.491 e. The molecule has 0 aliphatic carbocycles. The summed E-state index contributed by atoms with van der Waals surface area (Å²) in [5, 5.41) is 3.71. The van der Waals surface area contributed by atoms with Crippen LogP contribution in [0.2, 0.25) is 0 Å². The van der Waals surface area contributed by atoms with Crippen molar-refractivity contribution >= 4 is 0 Å². The first kappa shape index (κ1) is 12.5. The van der Waals surface area contributed by atoms with Gasteiger partial charge in [-0.05, 0) is 12.1 Å². The molecule has 0 aliphatic rings. The number of hydrogen-bond donors (Lipinski definition) is 1. The first-order chi connectivity index (χ1) is 8.88. The highest BCUT2D eigenvalue weighted by atomic mass is 16.5. The SMILES string of the molecule is NCc1nc(COCCOc2ccccc2)no1. The van der Waals surface area contributed by atoms with Crippen LogP contribution < -0.4 is 10.5 Å². The van der Waals surface area contributed by atoms with E-state index in [1.807, 2.05) is 30.3 Å². The van der Waals surface area contributed by atoms with E-state index >= 15 is 0 Å². The van der Waals surface area contributed by atoms with Crippen LogP contribution in [-0.2, 0) is 17.9 Å². The van der Waals surface area contributed by atoms with Crippen LogP contribution in [0.1, 0.15) is 11.7 Å². The quantitative estimate of drug-likeness (QED) is 0.740. The third kappa shape index (κ3) is 3.83. The van der Waals surface area contributed by atoms with E-state index in [1.54, 1.807) is 0 Å². The van der Waals surface area contributed by atoms with Crippen molar-refractivity contribution in [2.75, 3.05) is 13.2 Å². The second kappa shape index (κ2) is 6.73. The van der Waals surface area contributed by atoms with Gasteiger partial charge in [-0.15, -0.1) is 0 Å². The molecular weight excluding hydrogens is 234 g/mol. The van der Waals surface area contributed by atoms with Gasteiger partial charge in [0.1, 0.15) is 19.0 Å². The van der Waals surface area contributed by atoms with Crippen LogP contribution >= 0.6 is 0 Å². The molecule has 0 saturated carbocycles. The molecule has 0 saturated heterocycles. The van der Waals surface area contributed by atoms with E-state index in [-0.39, 0.29) is 6.54 Å². The van der Waals surface area contributed by atoms with Gasteiger partial charge >= 0.3 is 0 Å². The van der Waals surface area contributed by atoms with Gasteiger partial charge in [-0.1, -0.05) is 23.4 Å². The average molecular weight is 249 g/mol. The number of benzene rings is 1. The molecule has 0 aliphatic heterocycles. The molecule has 1 heterocycles. The Morgan fingerprint density at radius 1 is 1.17 bits per heavy atom. The predicted molar refractivity (Wildman–Crippen MR) is 63.8 cm³/mol. The summed E-state index contributed by atoms with van der Waals surface area (Å²) in [5.74, 6) is 1.73. The number of aromatic nitrogens is 2. The number of nitrogens with two attached hydrogens (primary N) is 1. The first-order valence-corrected chi connectivity index (χ1v) is 5.65. The van der Waals surface area contributed by atoms with E-state index in [0.717, 1.165) is 5.75 Å². The first-order valence-electron chi connectivity index (χ1n) is 5.65. The van der Waals surface area contributed by atoms with Gasteiger partial charge in [0.15, 0.2) is 5.82 Å². The van der Waals surface area contributed by atoms with E-state index in [9.17, 15) is 0 Å². The number of hydrogen-bond acceptors (Lipinski definition) is 6. The van der Waals surface area contributed by atoms with Crippen molar-refractivity contribution in [3.8, 4) is 5.75 Å². The van der Waals surface area contributed by atoms with E-state index in [1.165, 1.54) is 0 Å². The molecule has 0 radical (unpaired) electrons. The number of ether oxygens (including phenoxy) is 2. The molecule has 1 aromatic heterocycles. The Hall–Kier alpha value is -1.92. The maximum atomic E-state index is 5.46. The van der Waals surface area contributed by atoms with Gasteiger partial charge in [-0.2, -0.15) is 4.98 Å². The molecule has 0 spiro atoms. The highest BCUT2D eigenvalue weighted by Gasteiger charge is 2.03. The van der Waals surface area contributed by atoms with Crippen molar-refractivity contribution in [1.82, 2.24) is 10.1 Å². The molecule has 0 fully saturated rings. The molecule has 1 aromatic carbocycles. The lowest BCUT2D eigenvalue weighted by molar-refractivity contribution is 0.0835. The Bertz CT molecular complexity index is 459. The fourth-order valence-corrected chi connectivity index (χ4v) is 1.33.